The largest absolute Gasteiger partial charge is 0.400 e. The van der Waals surface area contributed by atoms with Crippen LogP contribution in [0.2, 0.25) is 0 Å². The van der Waals surface area contributed by atoms with Crippen molar-refractivity contribution in [3.05, 3.63) is 33.8 Å². The molecule has 1 heterocycles. The van der Waals surface area contributed by atoms with Gasteiger partial charge >= 0.3 is 0 Å². The van der Waals surface area contributed by atoms with Crippen molar-refractivity contribution in [1.29, 1.82) is 0 Å². The zero-order valence-corrected chi connectivity index (χ0v) is 16.5. The fourth-order valence-electron chi connectivity index (χ4n) is 4.94. The molecule has 1 saturated carbocycles. The van der Waals surface area contributed by atoms with E-state index in [2.05, 4.69) is 34.1 Å². The van der Waals surface area contributed by atoms with Gasteiger partial charge in [0, 0.05) is 24.0 Å². The number of amides is 1. The van der Waals surface area contributed by atoms with Crippen LogP contribution >= 0.6 is 15.9 Å². The number of halogens is 1. The molecule has 1 atom stereocenters. The molecule has 3 N–H and O–H groups in total. The van der Waals surface area contributed by atoms with Crippen molar-refractivity contribution in [3.63, 3.8) is 0 Å². The summed E-state index contributed by atoms with van der Waals surface area (Å²) in [6, 6.07) is 6.45. The third-order valence-electron chi connectivity index (χ3n) is 6.16. The fourth-order valence-corrected chi connectivity index (χ4v) is 5.30. The van der Waals surface area contributed by atoms with Crippen molar-refractivity contribution < 1.29 is 9.90 Å². The van der Waals surface area contributed by atoms with Gasteiger partial charge < -0.3 is 10.8 Å². The van der Waals surface area contributed by atoms with Gasteiger partial charge in [-0.1, -0.05) is 41.3 Å². The highest BCUT2D eigenvalue weighted by Crippen LogP contribution is 2.62. The fraction of sp³-hybridized carbons (Fsp3) is 0.579. The van der Waals surface area contributed by atoms with E-state index in [0.29, 0.717) is 12.4 Å². The number of aliphatic imine (C=N–C) groups is 1. The van der Waals surface area contributed by atoms with E-state index < -0.39 is 5.54 Å². The summed E-state index contributed by atoms with van der Waals surface area (Å²) in [7, 11) is 2.72. The molecular formula is C19H26BrN3O2. The van der Waals surface area contributed by atoms with Crippen LogP contribution < -0.4 is 5.73 Å². The van der Waals surface area contributed by atoms with Gasteiger partial charge in [0.05, 0.1) is 6.42 Å². The SMILES string of the molecule is CN1C(=O)CC2(N=C1N)c1cc(Br)ccc1CC21CCCCC1.CO. The molecule has 136 valence electrons. The van der Waals surface area contributed by atoms with E-state index in [9.17, 15) is 4.79 Å². The number of carbonyl (C=O) groups excluding carboxylic acids is 1. The molecule has 1 aliphatic heterocycles. The number of rotatable bonds is 0. The second-order valence-corrected chi connectivity index (χ2v) is 8.19. The first-order valence-electron chi connectivity index (χ1n) is 8.83. The van der Waals surface area contributed by atoms with Gasteiger partial charge in [0.2, 0.25) is 5.91 Å². The maximum atomic E-state index is 12.6. The number of nitrogens with two attached hydrogens (primary N) is 1. The normalized spacial score (nSPS) is 27.0. The Morgan fingerprint density at radius 2 is 1.88 bits per heavy atom. The number of hydrogen-bond donors (Lipinski definition) is 2. The Balaban J connectivity index is 0.000000880. The minimum Gasteiger partial charge on any atom is -0.400 e. The first-order valence-corrected chi connectivity index (χ1v) is 9.62. The molecule has 1 aromatic rings. The predicted octanol–water partition coefficient (Wildman–Crippen LogP) is 2.94. The molecule has 6 heteroatoms. The number of hydrogen-bond acceptors (Lipinski definition) is 4. The summed E-state index contributed by atoms with van der Waals surface area (Å²) >= 11 is 3.59. The first kappa shape index (κ1) is 18.4. The molecule has 1 amide bonds. The maximum Gasteiger partial charge on any atom is 0.231 e. The van der Waals surface area contributed by atoms with E-state index in [1.54, 1.807) is 7.05 Å². The second kappa shape index (κ2) is 6.72. The Morgan fingerprint density at radius 1 is 1.20 bits per heavy atom. The quantitative estimate of drug-likeness (QED) is 0.693. The van der Waals surface area contributed by atoms with Crippen LogP contribution in [0.4, 0.5) is 0 Å². The van der Waals surface area contributed by atoms with Gasteiger partial charge in [-0.05, 0) is 42.5 Å². The molecule has 2 aliphatic carbocycles. The summed E-state index contributed by atoms with van der Waals surface area (Å²) in [4.78, 5) is 19.1. The van der Waals surface area contributed by atoms with Crippen LogP contribution in [0, 0.1) is 5.41 Å². The molecule has 3 aliphatic rings. The smallest absolute Gasteiger partial charge is 0.231 e. The minimum absolute atomic E-state index is 0.0515. The van der Waals surface area contributed by atoms with Crippen LogP contribution in [0.5, 0.6) is 0 Å². The number of nitrogens with zero attached hydrogens (tertiary/aromatic N) is 2. The van der Waals surface area contributed by atoms with E-state index in [4.69, 9.17) is 15.8 Å². The first-order chi connectivity index (χ1) is 12.0. The number of carbonyl (C=O) groups is 1. The summed E-state index contributed by atoms with van der Waals surface area (Å²) in [5.41, 5.74) is 8.27. The van der Waals surface area contributed by atoms with Gasteiger partial charge in [0.1, 0.15) is 5.54 Å². The van der Waals surface area contributed by atoms with E-state index in [0.717, 1.165) is 30.8 Å². The maximum absolute atomic E-state index is 12.6. The number of benzene rings is 1. The number of fused-ring (bicyclic) bond motifs is 3. The van der Waals surface area contributed by atoms with Crippen LogP contribution in [0.25, 0.3) is 0 Å². The second-order valence-electron chi connectivity index (χ2n) is 7.28. The monoisotopic (exact) mass is 407 g/mol. The predicted molar refractivity (Wildman–Crippen MR) is 102 cm³/mol. The number of aliphatic hydroxyl groups is 1. The number of guanidine groups is 1. The molecular weight excluding hydrogens is 382 g/mol. The van der Waals surface area contributed by atoms with Crippen molar-refractivity contribution in [3.8, 4) is 0 Å². The Labute approximate surface area is 157 Å². The van der Waals surface area contributed by atoms with Crippen molar-refractivity contribution in [1.82, 2.24) is 4.90 Å². The highest BCUT2D eigenvalue weighted by atomic mass is 79.9. The Morgan fingerprint density at radius 3 is 2.52 bits per heavy atom. The molecule has 0 radical (unpaired) electrons. The number of aliphatic hydroxyl groups excluding tert-OH is 1. The third kappa shape index (κ3) is 2.70. The zero-order chi connectivity index (χ0) is 18.2. The summed E-state index contributed by atoms with van der Waals surface area (Å²) in [5.74, 6) is 0.439. The lowest BCUT2D eigenvalue weighted by Gasteiger charge is -2.48. The van der Waals surface area contributed by atoms with Crippen LogP contribution in [0.3, 0.4) is 0 Å². The summed E-state index contributed by atoms with van der Waals surface area (Å²) < 4.78 is 1.05. The third-order valence-corrected chi connectivity index (χ3v) is 6.66. The minimum atomic E-state index is -0.472. The van der Waals surface area contributed by atoms with E-state index >= 15 is 0 Å². The molecule has 1 unspecified atom stereocenters. The summed E-state index contributed by atoms with van der Waals surface area (Å²) in [6.45, 7) is 0. The van der Waals surface area contributed by atoms with Crippen LogP contribution in [-0.4, -0.2) is 36.0 Å². The lowest BCUT2D eigenvalue weighted by atomic mass is 9.60. The molecule has 1 fully saturated rings. The molecule has 1 aromatic carbocycles. The van der Waals surface area contributed by atoms with Crippen molar-refractivity contribution in [2.24, 2.45) is 16.1 Å². The zero-order valence-electron chi connectivity index (χ0n) is 14.9. The molecule has 0 aromatic heterocycles. The molecule has 5 nitrogen and oxygen atoms in total. The van der Waals surface area contributed by atoms with E-state index in [1.165, 1.54) is 35.3 Å². The molecule has 4 rings (SSSR count). The Kier molecular flexibility index (Phi) is 4.95. The van der Waals surface area contributed by atoms with Crippen LogP contribution in [0.1, 0.15) is 49.7 Å². The van der Waals surface area contributed by atoms with Gasteiger partial charge in [-0.2, -0.15) is 0 Å². The molecule has 25 heavy (non-hydrogen) atoms. The lowest BCUT2D eigenvalue weighted by Crippen LogP contribution is -2.54. The van der Waals surface area contributed by atoms with Crippen molar-refractivity contribution >= 4 is 27.8 Å². The average molecular weight is 408 g/mol. The summed E-state index contributed by atoms with van der Waals surface area (Å²) in [5, 5.41) is 7.00. The summed E-state index contributed by atoms with van der Waals surface area (Å²) in [6.07, 6.45) is 7.44. The van der Waals surface area contributed by atoms with E-state index in [-0.39, 0.29) is 11.3 Å². The molecule has 2 spiro atoms. The topological polar surface area (TPSA) is 78.9 Å². The van der Waals surface area contributed by atoms with Crippen molar-refractivity contribution in [2.75, 3.05) is 14.2 Å². The Hall–Kier alpha value is -1.40. The molecule has 0 bridgehead atoms. The van der Waals surface area contributed by atoms with Gasteiger partial charge in [-0.25, -0.2) is 4.99 Å². The van der Waals surface area contributed by atoms with E-state index in [1.807, 2.05) is 0 Å². The van der Waals surface area contributed by atoms with Gasteiger partial charge in [-0.3, -0.25) is 9.69 Å². The van der Waals surface area contributed by atoms with Crippen LogP contribution in [0.15, 0.2) is 27.7 Å². The van der Waals surface area contributed by atoms with Gasteiger partial charge in [0.25, 0.3) is 0 Å². The average Bonchev–Trinajstić information content (AvgIpc) is 2.84. The highest BCUT2D eigenvalue weighted by molar-refractivity contribution is 9.10. The lowest BCUT2D eigenvalue weighted by molar-refractivity contribution is -0.130. The standard InChI is InChI=1S/C18H22BrN3O.CH4O/c1-22-15(23)11-18(21-16(22)20)14-9-13(19)6-5-12(14)10-17(18)7-3-2-4-8-17;1-2/h5-6,9H,2-4,7-8,10-11H2,1H3,(H2,20,21);2H,1H3. The molecule has 0 saturated heterocycles. The van der Waals surface area contributed by atoms with Gasteiger partial charge in [-0.15, -0.1) is 0 Å². The van der Waals surface area contributed by atoms with Crippen LogP contribution in [-0.2, 0) is 16.8 Å². The van der Waals surface area contributed by atoms with Crippen molar-refractivity contribution in [2.45, 2.75) is 50.5 Å². The van der Waals surface area contributed by atoms with Gasteiger partial charge in [0.15, 0.2) is 5.96 Å². The highest BCUT2D eigenvalue weighted by Gasteiger charge is 2.60. The Bertz CT molecular complexity index is 713.